The molecule has 3 rings (SSSR count). The number of rotatable bonds is 2. The molecular formula is C15H16ClN3. The first kappa shape index (κ1) is 12.3. The van der Waals surface area contributed by atoms with Crippen LogP contribution in [0.3, 0.4) is 0 Å². The van der Waals surface area contributed by atoms with Crippen molar-refractivity contribution in [2.75, 3.05) is 16.8 Å². The highest BCUT2D eigenvalue weighted by molar-refractivity contribution is 6.31. The van der Waals surface area contributed by atoms with E-state index in [1.165, 1.54) is 11.4 Å². The topological polar surface area (TPSA) is 28.2 Å². The van der Waals surface area contributed by atoms with Crippen LogP contribution in [0.4, 0.5) is 11.4 Å². The Morgan fingerprint density at radius 2 is 2.21 bits per heavy atom. The lowest BCUT2D eigenvalue weighted by atomic mass is 10.1. The molecular weight excluding hydrogens is 258 g/mol. The largest absolute Gasteiger partial charge is 0.381 e. The number of nitrogens with one attached hydrogen (secondary N) is 1. The second-order valence-electron chi connectivity index (χ2n) is 4.84. The molecule has 0 aliphatic carbocycles. The van der Waals surface area contributed by atoms with Gasteiger partial charge < -0.3 is 10.2 Å². The molecule has 0 spiro atoms. The van der Waals surface area contributed by atoms with Gasteiger partial charge in [-0.25, -0.2) is 0 Å². The molecule has 1 aromatic carbocycles. The molecule has 19 heavy (non-hydrogen) atoms. The first-order chi connectivity index (χ1) is 9.25. The van der Waals surface area contributed by atoms with Crippen LogP contribution >= 0.6 is 11.6 Å². The summed E-state index contributed by atoms with van der Waals surface area (Å²) in [4.78, 5) is 6.42. The SMILES string of the molecule is CC1CNc2ccccc2N1Cc1ccncc1Cl. The number of hydrogen-bond acceptors (Lipinski definition) is 3. The Morgan fingerprint density at radius 3 is 3.05 bits per heavy atom. The average Bonchev–Trinajstić information content (AvgIpc) is 2.44. The van der Waals surface area contributed by atoms with Crippen molar-refractivity contribution in [3.05, 3.63) is 53.3 Å². The van der Waals surface area contributed by atoms with E-state index in [1.54, 1.807) is 12.4 Å². The van der Waals surface area contributed by atoms with Crippen LogP contribution in [0, 0.1) is 0 Å². The lowest BCUT2D eigenvalue weighted by Gasteiger charge is -2.37. The van der Waals surface area contributed by atoms with Gasteiger partial charge in [0.25, 0.3) is 0 Å². The first-order valence-electron chi connectivity index (χ1n) is 6.43. The Hall–Kier alpha value is -1.74. The molecule has 1 N–H and O–H groups in total. The van der Waals surface area contributed by atoms with Gasteiger partial charge in [0.2, 0.25) is 0 Å². The monoisotopic (exact) mass is 273 g/mol. The number of halogens is 1. The maximum Gasteiger partial charge on any atom is 0.0639 e. The van der Waals surface area contributed by atoms with Crippen molar-refractivity contribution in [1.29, 1.82) is 0 Å². The van der Waals surface area contributed by atoms with Crippen LogP contribution in [0.15, 0.2) is 42.7 Å². The maximum atomic E-state index is 6.21. The zero-order valence-corrected chi connectivity index (χ0v) is 11.6. The lowest BCUT2D eigenvalue weighted by Crippen LogP contribution is -2.41. The highest BCUT2D eigenvalue weighted by Gasteiger charge is 2.22. The molecule has 0 radical (unpaired) electrons. The van der Waals surface area contributed by atoms with Crippen molar-refractivity contribution in [3.8, 4) is 0 Å². The summed E-state index contributed by atoms with van der Waals surface area (Å²) in [6.45, 7) is 3.97. The molecule has 3 nitrogen and oxygen atoms in total. The molecule has 98 valence electrons. The minimum Gasteiger partial charge on any atom is -0.381 e. The van der Waals surface area contributed by atoms with Crippen molar-refractivity contribution in [2.24, 2.45) is 0 Å². The van der Waals surface area contributed by atoms with Gasteiger partial charge in [-0.2, -0.15) is 0 Å². The summed E-state index contributed by atoms with van der Waals surface area (Å²) >= 11 is 6.21. The van der Waals surface area contributed by atoms with Crippen molar-refractivity contribution in [1.82, 2.24) is 4.98 Å². The average molecular weight is 274 g/mol. The van der Waals surface area contributed by atoms with Gasteiger partial charge in [-0.3, -0.25) is 4.98 Å². The molecule has 1 unspecified atom stereocenters. The summed E-state index contributed by atoms with van der Waals surface area (Å²) < 4.78 is 0. The van der Waals surface area contributed by atoms with Gasteiger partial charge in [-0.15, -0.1) is 0 Å². The lowest BCUT2D eigenvalue weighted by molar-refractivity contribution is 0.641. The smallest absolute Gasteiger partial charge is 0.0639 e. The third-order valence-electron chi connectivity index (χ3n) is 3.53. The number of fused-ring (bicyclic) bond motifs is 1. The van der Waals surface area contributed by atoms with Crippen molar-refractivity contribution in [2.45, 2.75) is 19.5 Å². The summed E-state index contributed by atoms with van der Waals surface area (Å²) in [5, 5.41) is 4.18. The molecule has 2 heterocycles. The highest BCUT2D eigenvalue weighted by atomic mass is 35.5. The molecule has 2 aromatic rings. The standard InChI is InChI=1S/C15H16ClN3/c1-11-8-18-14-4-2-3-5-15(14)19(11)10-12-6-7-17-9-13(12)16/h2-7,9,11,18H,8,10H2,1H3. The summed E-state index contributed by atoms with van der Waals surface area (Å²) in [7, 11) is 0. The number of anilines is 2. The molecule has 1 aromatic heterocycles. The van der Waals surface area contributed by atoms with Crippen LogP contribution in [-0.2, 0) is 6.54 Å². The zero-order chi connectivity index (χ0) is 13.2. The van der Waals surface area contributed by atoms with E-state index in [4.69, 9.17) is 11.6 Å². The van der Waals surface area contributed by atoms with Crippen molar-refractivity contribution in [3.63, 3.8) is 0 Å². The third-order valence-corrected chi connectivity index (χ3v) is 3.87. The predicted molar refractivity (Wildman–Crippen MR) is 79.8 cm³/mol. The minimum atomic E-state index is 0.430. The molecule has 4 heteroatoms. The number of benzene rings is 1. The van der Waals surface area contributed by atoms with Crippen LogP contribution in [-0.4, -0.2) is 17.6 Å². The molecule has 1 aliphatic rings. The van der Waals surface area contributed by atoms with E-state index in [9.17, 15) is 0 Å². The summed E-state index contributed by atoms with van der Waals surface area (Å²) in [6, 6.07) is 10.8. The fraction of sp³-hybridized carbons (Fsp3) is 0.267. The van der Waals surface area contributed by atoms with Crippen LogP contribution in [0.2, 0.25) is 5.02 Å². The summed E-state index contributed by atoms with van der Waals surface area (Å²) in [6.07, 6.45) is 3.50. The van der Waals surface area contributed by atoms with Gasteiger partial charge in [0, 0.05) is 31.5 Å². The Morgan fingerprint density at radius 1 is 1.37 bits per heavy atom. The Balaban J connectivity index is 1.94. The normalized spacial score (nSPS) is 17.8. The number of aromatic nitrogens is 1. The quantitative estimate of drug-likeness (QED) is 0.907. The number of pyridine rings is 1. The second-order valence-corrected chi connectivity index (χ2v) is 5.25. The molecule has 0 fully saturated rings. The summed E-state index contributed by atoms with van der Waals surface area (Å²) in [5.41, 5.74) is 3.53. The fourth-order valence-corrected chi connectivity index (χ4v) is 2.61. The zero-order valence-electron chi connectivity index (χ0n) is 10.8. The maximum absolute atomic E-state index is 6.21. The number of para-hydroxylation sites is 2. The van der Waals surface area contributed by atoms with Gasteiger partial charge in [-0.1, -0.05) is 23.7 Å². The summed E-state index contributed by atoms with van der Waals surface area (Å²) in [5.74, 6) is 0. The highest BCUT2D eigenvalue weighted by Crippen LogP contribution is 2.33. The van der Waals surface area contributed by atoms with Gasteiger partial charge in [-0.05, 0) is 30.7 Å². The fourth-order valence-electron chi connectivity index (χ4n) is 2.44. The molecule has 0 amide bonds. The van der Waals surface area contributed by atoms with Crippen LogP contribution in [0.5, 0.6) is 0 Å². The van der Waals surface area contributed by atoms with Crippen LogP contribution < -0.4 is 10.2 Å². The molecule has 1 atom stereocenters. The van der Waals surface area contributed by atoms with Gasteiger partial charge in [0.15, 0.2) is 0 Å². The van der Waals surface area contributed by atoms with E-state index in [-0.39, 0.29) is 0 Å². The van der Waals surface area contributed by atoms with E-state index >= 15 is 0 Å². The van der Waals surface area contributed by atoms with E-state index < -0.39 is 0 Å². The number of nitrogens with zero attached hydrogens (tertiary/aromatic N) is 2. The van der Waals surface area contributed by atoms with E-state index in [0.717, 1.165) is 23.7 Å². The second kappa shape index (κ2) is 5.10. The van der Waals surface area contributed by atoms with Gasteiger partial charge in [0.1, 0.15) is 0 Å². The van der Waals surface area contributed by atoms with Gasteiger partial charge >= 0.3 is 0 Å². The first-order valence-corrected chi connectivity index (χ1v) is 6.81. The van der Waals surface area contributed by atoms with Gasteiger partial charge in [0.05, 0.1) is 16.4 Å². The van der Waals surface area contributed by atoms with Crippen molar-refractivity contribution >= 4 is 23.0 Å². The number of hydrogen-bond donors (Lipinski definition) is 1. The molecule has 0 saturated carbocycles. The Labute approximate surface area is 118 Å². The molecule has 1 aliphatic heterocycles. The van der Waals surface area contributed by atoms with E-state index in [1.807, 2.05) is 6.07 Å². The Kier molecular flexibility index (Phi) is 3.30. The van der Waals surface area contributed by atoms with Crippen molar-refractivity contribution < 1.29 is 0 Å². The molecule has 0 bridgehead atoms. The van der Waals surface area contributed by atoms with E-state index in [0.29, 0.717) is 6.04 Å². The predicted octanol–water partition coefficient (Wildman–Crippen LogP) is 3.56. The minimum absolute atomic E-state index is 0.430. The third kappa shape index (κ3) is 2.38. The van der Waals surface area contributed by atoms with Crippen LogP contribution in [0.25, 0.3) is 0 Å². The van der Waals surface area contributed by atoms with Crippen LogP contribution in [0.1, 0.15) is 12.5 Å². The van der Waals surface area contributed by atoms with E-state index in [2.05, 4.69) is 46.4 Å². The Bertz CT molecular complexity index is 585. The molecule has 0 saturated heterocycles.